The van der Waals surface area contributed by atoms with Crippen molar-refractivity contribution in [2.75, 3.05) is 12.1 Å². The molecule has 2 aromatic carbocycles. The number of anilines is 1. The topological polar surface area (TPSA) is 92.4 Å². The molecule has 0 amide bonds. The van der Waals surface area contributed by atoms with Crippen LogP contribution >= 0.6 is 0 Å². The summed E-state index contributed by atoms with van der Waals surface area (Å²) in [4.78, 5) is 4.31. The van der Waals surface area contributed by atoms with E-state index in [2.05, 4.69) is 54.5 Å². The molecule has 1 aliphatic rings. The van der Waals surface area contributed by atoms with E-state index in [-0.39, 0.29) is 12.2 Å². The number of aliphatic hydroxyl groups is 1. The van der Waals surface area contributed by atoms with E-state index in [0.29, 0.717) is 5.82 Å². The number of ether oxygens (including phenoxy) is 1. The summed E-state index contributed by atoms with van der Waals surface area (Å²) in [5.74, 6) is 1.59. The van der Waals surface area contributed by atoms with E-state index in [1.165, 1.54) is 11.1 Å². The molecule has 0 saturated carbocycles. The van der Waals surface area contributed by atoms with Gasteiger partial charge in [-0.25, -0.2) is 4.68 Å². The second-order valence-corrected chi connectivity index (χ2v) is 8.51. The molecule has 3 heterocycles. The lowest BCUT2D eigenvalue weighted by Crippen LogP contribution is -2.24. The predicted molar refractivity (Wildman–Crippen MR) is 131 cm³/mol. The highest BCUT2D eigenvalue weighted by Gasteiger charge is 2.29. The quantitative estimate of drug-likeness (QED) is 0.363. The van der Waals surface area contributed by atoms with Gasteiger partial charge >= 0.3 is 0 Å². The van der Waals surface area contributed by atoms with Crippen LogP contribution in [-0.4, -0.2) is 37.3 Å². The maximum absolute atomic E-state index is 9.14. The Balaban J connectivity index is 0.000000177. The van der Waals surface area contributed by atoms with Crippen LogP contribution in [0.2, 0.25) is 0 Å². The number of pyridine rings is 1. The lowest BCUT2D eigenvalue weighted by molar-refractivity contribution is 0.138. The van der Waals surface area contributed by atoms with Gasteiger partial charge in [0.05, 0.1) is 16.9 Å². The fourth-order valence-electron chi connectivity index (χ4n) is 3.77. The van der Waals surface area contributed by atoms with Crippen LogP contribution in [0.3, 0.4) is 0 Å². The predicted octanol–water partition coefficient (Wildman–Crippen LogP) is 5.24. The molecule has 7 nitrogen and oxygen atoms in total. The Labute approximate surface area is 194 Å². The summed E-state index contributed by atoms with van der Waals surface area (Å²) in [5.41, 5.74) is 7.42. The number of benzene rings is 2. The third-order valence-corrected chi connectivity index (χ3v) is 5.02. The van der Waals surface area contributed by atoms with Gasteiger partial charge in [-0.3, -0.25) is 15.7 Å². The molecule has 0 atom stereocenters. The number of nitrogens with one attached hydrogen (secondary N) is 1. The van der Waals surface area contributed by atoms with Crippen LogP contribution in [0.15, 0.2) is 60.8 Å². The molecule has 3 N–H and O–H groups in total. The maximum Gasteiger partial charge on any atom is 0.153 e. The molecule has 5 rings (SSSR count). The zero-order chi connectivity index (χ0) is 24.0. The molecule has 0 spiro atoms. The number of hydrogen-bond donors (Lipinski definition) is 3. The maximum atomic E-state index is 9.14. The minimum Gasteiger partial charge on any atom is -0.487 e. The Morgan fingerprint density at radius 2 is 1.85 bits per heavy atom. The smallest absolute Gasteiger partial charge is 0.153 e. The number of rotatable bonds is 2. The molecule has 174 valence electrons. The number of aryl methyl sites for hydroxylation is 2. The molecule has 0 radical (unpaired) electrons. The zero-order valence-corrected chi connectivity index (χ0v) is 19.8. The van der Waals surface area contributed by atoms with Crippen molar-refractivity contribution in [3.63, 3.8) is 0 Å². The third-order valence-electron chi connectivity index (χ3n) is 5.02. The highest BCUT2D eigenvalue weighted by molar-refractivity contribution is 5.87. The monoisotopic (exact) mass is 448 g/mol. The van der Waals surface area contributed by atoms with Crippen LogP contribution in [0.25, 0.3) is 16.6 Å². The van der Waals surface area contributed by atoms with Gasteiger partial charge in [0.15, 0.2) is 5.82 Å². The average Bonchev–Trinajstić information content (AvgIpc) is 3.31. The van der Waals surface area contributed by atoms with Crippen molar-refractivity contribution in [1.82, 2.24) is 14.8 Å². The molecule has 2 aromatic heterocycles. The van der Waals surface area contributed by atoms with Crippen LogP contribution in [0.1, 0.15) is 37.6 Å². The van der Waals surface area contributed by atoms with Gasteiger partial charge in [-0.15, -0.1) is 0 Å². The molecular weight excluding hydrogens is 416 g/mol. The molecule has 0 unspecified atom stereocenters. The summed E-state index contributed by atoms with van der Waals surface area (Å²) in [6.07, 6.45) is 2.79. The largest absolute Gasteiger partial charge is 0.487 e. The molecule has 7 heteroatoms. The molecule has 33 heavy (non-hydrogen) atoms. The fraction of sp³-hybridized carbons (Fsp3) is 0.308. The van der Waals surface area contributed by atoms with E-state index in [0.717, 1.165) is 34.5 Å². The Hall–Kier alpha value is -3.42. The first-order valence-corrected chi connectivity index (χ1v) is 11.0. The van der Waals surface area contributed by atoms with Gasteiger partial charge in [0.1, 0.15) is 11.4 Å². The van der Waals surface area contributed by atoms with Gasteiger partial charge in [0.2, 0.25) is 0 Å². The SMILES string of the molecule is CCO.Cc1cc(NO)n(-c2cccc3ncccc23)n1.Cc1ccc2c(c1)CC(C)(C)O2. The summed E-state index contributed by atoms with van der Waals surface area (Å²) in [6.45, 7) is 10.2. The van der Waals surface area contributed by atoms with Gasteiger partial charge in [-0.1, -0.05) is 23.8 Å². The Kier molecular flexibility index (Phi) is 7.68. The minimum absolute atomic E-state index is 0.00384. The average molecular weight is 449 g/mol. The first-order valence-electron chi connectivity index (χ1n) is 11.0. The van der Waals surface area contributed by atoms with Crippen LogP contribution < -0.4 is 10.2 Å². The van der Waals surface area contributed by atoms with Crippen LogP contribution in [0.5, 0.6) is 5.75 Å². The van der Waals surface area contributed by atoms with Crippen molar-refractivity contribution in [2.45, 2.75) is 46.6 Å². The van der Waals surface area contributed by atoms with Gasteiger partial charge in [-0.05, 0) is 70.5 Å². The first-order chi connectivity index (χ1) is 15.8. The number of aliphatic hydroxyl groups excluding tert-OH is 1. The standard InChI is InChI=1S/C13H12N4O.C11H14O.C2H6O/c1-9-8-13(16-18)17(15-9)12-6-2-5-11-10(12)4-3-7-14-11;1-8-4-5-10-9(6-8)7-11(2,3)12-10;1-2-3/h2-8,16,18H,1H3;4-6H,7H2,1-3H3;3H,2H2,1H3. The van der Waals surface area contributed by atoms with Gasteiger partial charge in [0, 0.05) is 30.7 Å². The Morgan fingerprint density at radius 3 is 2.58 bits per heavy atom. The van der Waals surface area contributed by atoms with Crippen molar-refractivity contribution < 1.29 is 15.1 Å². The number of aromatic nitrogens is 3. The van der Waals surface area contributed by atoms with Crippen LogP contribution in [0.4, 0.5) is 5.82 Å². The van der Waals surface area contributed by atoms with E-state index in [1.54, 1.807) is 23.9 Å². The van der Waals surface area contributed by atoms with Crippen molar-refractivity contribution in [2.24, 2.45) is 0 Å². The highest BCUT2D eigenvalue weighted by Crippen LogP contribution is 2.34. The normalized spacial score (nSPS) is 13.2. The highest BCUT2D eigenvalue weighted by atomic mass is 16.5. The van der Waals surface area contributed by atoms with Crippen molar-refractivity contribution in [1.29, 1.82) is 0 Å². The molecule has 1 aliphatic heterocycles. The molecular formula is C26H32N4O3. The summed E-state index contributed by atoms with van der Waals surface area (Å²) in [7, 11) is 0. The summed E-state index contributed by atoms with van der Waals surface area (Å²) >= 11 is 0. The third kappa shape index (κ3) is 5.88. The van der Waals surface area contributed by atoms with Crippen LogP contribution in [0, 0.1) is 13.8 Å². The fourth-order valence-corrected chi connectivity index (χ4v) is 3.77. The van der Waals surface area contributed by atoms with E-state index in [1.807, 2.05) is 37.3 Å². The summed E-state index contributed by atoms with van der Waals surface area (Å²) < 4.78 is 7.42. The lowest BCUT2D eigenvalue weighted by Gasteiger charge is -2.16. The molecule has 0 fully saturated rings. The molecule has 4 aromatic rings. The lowest BCUT2D eigenvalue weighted by atomic mass is 10.0. The van der Waals surface area contributed by atoms with Crippen molar-refractivity contribution in [3.05, 3.63) is 77.6 Å². The van der Waals surface area contributed by atoms with Gasteiger partial charge in [0.25, 0.3) is 0 Å². The second kappa shape index (κ2) is 10.5. The van der Waals surface area contributed by atoms with E-state index in [9.17, 15) is 0 Å². The Morgan fingerprint density at radius 1 is 1.09 bits per heavy atom. The van der Waals surface area contributed by atoms with Crippen molar-refractivity contribution >= 4 is 16.7 Å². The van der Waals surface area contributed by atoms with E-state index < -0.39 is 0 Å². The van der Waals surface area contributed by atoms with Crippen molar-refractivity contribution in [3.8, 4) is 11.4 Å². The second-order valence-electron chi connectivity index (χ2n) is 8.51. The number of hydrogen-bond acceptors (Lipinski definition) is 6. The summed E-state index contributed by atoms with van der Waals surface area (Å²) in [5, 5.41) is 22.1. The van der Waals surface area contributed by atoms with Gasteiger partial charge in [-0.2, -0.15) is 5.10 Å². The molecule has 0 bridgehead atoms. The minimum atomic E-state index is -0.00384. The van der Waals surface area contributed by atoms with Gasteiger partial charge < -0.3 is 9.84 Å². The first kappa shape index (κ1) is 24.2. The molecule has 0 saturated heterocycles. The Bertz CT molecular complexity index is 1210. The summed E-state index contributed by atoms with van der Waals surface area (Å²) in [6, 6.07) is 17.8. The molecule has 0 aliphatic carbocycles. The number of nitrogens with zero attached hydrogens (tertiary/aromatic N) is 3. The van der Waals surface area contributed by atoms with E-state index in [4.69, 9.17) is 15.1 Å². The van der Waals surface area contributed by atoms with Crippen LogP contribution in [-0.2, 0) is 6.42 Å². The zero-order valence-electron chi connectivity index (χ0n) is 19.8. The number of fused-ring (bicyclic) bond motifs is 2. The van der Waals surface area contributed by atoms with E-state index >= 15 is 0 Å².